The average molecular weight is 379 g/mol. The second-order valence-corrected chi connectivity index (χ2v) is 7.20. The number of hydrogen-bond acceptors (Lipinski definition) is 6. The van der Waals surface area contributed by atoms with Crippen LogP contribution in [0.2, 0.25) is 0 Å². The first-order chi connectivity index (χ1) is 12.3. The third-order valence-corrected chi connectivity index (χ3v) is 4.91. The number of rotatable bonds is 9. The molecule has 0 heterocycles. The number of methoxy groups -OCH3 is 1. The van der Waals surface area contributed by atoms with Gasteiger partial charge in [0.1, 0.15) is 30.0 Å². The van der Waals surface area contributed by atoms with E-state index in [0.29, 0.717) is 17.1 Å². The molecule has 0 saturated carbocycles. The number of amidine groups is 1. The summed E-state index contributed by atoms with van der Waals surface area (Å²) in [5.74, 6) is 0.878. The number of aliphatic hydroxyl groups is 1. The Hall–Kier alpha value is -2.62. The molecule has 0 aromatic heterocycles. The highest BCUT2D eigenvalue weighted by Crippen LogP contribution is 2.15. The summed E-state index contributed by atoms with van der Waals surface area (Å²) in [5, 5.41) is 17.3. The summed E-state index contributed by atoms with van der Waals surface area (Å²) in [5.41, 5.74) is 5.90. The van der Waals surface area contributed by atoms with Gasteiger partial charge in [0, 0.05) is 12.1 Å². The molecule has 2 aromatic carbocycles. The second kappa shape index (κ2) is 8.65. The van der Waals surface area contributed by atoms with Gasteiger partial charge in [-0.2, -0.15) is 0 Å². The van der Waals surface area contributed by atoms with E-state index < -0.39 is 16.1 Å². The molecule has 0 fully saturated rings. The Morgan fingerprint density at radius 2 is 1.92 bits per heavy atom. The van der Waals surface area contributed by atoms with Gasteiger partial charge in [0.05, 0.1) is 12.0 Å². The smallest absolute Gasteiger partial charge is 0.240 e. The first-order valence-electron chi connectivity index (χ1n) is 7.71. The van der Waals surface area contributed by atoms with Gasteiger partial charge in [0.25, 0.3) is 0 Å². The van der Waals surface area contributed by atoms with E-state index >= 15 is 0 Å². The normalized spacial score (nSPS) is 12.4. The Morgan fingerprint density at radius 3 is 2.54 bits per heavy atom. The second-order valence-electron chi connectivity index (χ2n) is 5.43. The van der Waals surface area contributed by atoms with Crippen molar-refractivity contribution < 1.29 is 23.0 Å². The van der Waals surface area contributed by atoms with E-state index in [1.807, 2.05) is 0 Å². The minimum atomic E-state index is -3.75. The number of nitrogens with two attached hydrogens (primary N) is 1. The SMILES string of the molecule is COc1ccc(S(=O)(=O)NCC(O)COc2cccc(C(=N)N)c2)cc1. The highest BCUT2D eigenvalue weighted by molar-refractivity contribution is 7.89. The fourth-order valence-electron chi connectivity index (χ4n) is 2.05. The Kier molecular flexibility index (Phi) is 6.56. The topological polar surface area (TPSA) is 135 Å². The van der Waals surface area contributed by atoms with E-state index in [2.05, 4.69) is 4.72 Å². The summed E-state index contributed by atoms with van der Waals surface area (Å²) in [6.07, 6.45) is -1.05. The number of aliphatic hydroxyl groups excluding tert-OH is 1. The standard InChI is InChI=1S/C17H21N3O5S/c1-24-14-5-7-16(8-6-14)26(22,23)20-10-13(21)11-25-15-4-2-3-12(9-15)17(18)19/h2-9,13,20-21H,10-11H2,1H3,(H3,18,19). The first-order valence-corrected chi connectivity index (χ1v) is 9.19. The fraction of sp³-hybridized carbons (Fsp3) is 0.235. The van der Waals surface area contributed by atoms with Crippen molar-refractivity contribution in [3.63, 3.8) is 0 Å². The van der Waals surface area contributed by atoms with Gasteiger partial charge in [0.15, 0.2) is 0 Å². The summed E-state index contributed by atoms with van der Waals surface area (Å²) in [6.45, 7) is -0.326. The van der Waals surface area contributed by atoms with Crippen LogP contribution in [0.3, 0.4) is 0 Å². The van der Waals surface area contributed by atoms with Crippen molar-refractivity contribution in [2.45, 2.75) is 11.0 Å². The lowest BCUT2D eigenvalue weighted by molar-refractivity contribution is 0.111. The van der Waals surface area contributed by atoms with Gasteiger partial charge in [-0.15, -0.1) is 0 Å². The molecule has 0 bridgehead atoms. The van der Waals surface area contributed by atoms with Crippen LogP contribution in [0.5, 0.6) is 11.5 Å². The highest BCUT2D eigenvalue weighted by Gasteiger charge is 2.16. The Bertz CT molecular complexity index is 853. The molecule has 1 atom stereocenters. The van der Waals surface area contributed by atoms with E-state index in [-0.39, 0.29) is 23.9 Å². The van der Waals surface area contributed by atoms with Crippen LogP contribution in [-0.2, 0) is 10.0 Å². The third kappa shape index (κ3) is 5.45. The van der Waals surface area contributed by atoms with Crippen LogP contribution in [0.15, 0.2) is 53.4 Å². The van der Waals surface area contributed by atoms with E-state index in [1.54, 1.807) is 24.3 Å². The lowest BCUT2D eigenvalue weighted by Crippen LogP contribution is -2.35. The molecular weight excluding hydrogens is 358 g/mol. The lowest BCUT2D eigenvalue weighted by atomic mass is 10.2. The van der Waals surface area contributed by atoms with Crippen LogP contribution >= 0.6 is 0 Å². The molecule has 26 heavy (non-hydrogen) atoms. The molecule has 5 N–H and O–H groups in total. The molecular formula is C17H21N3O5S. The maximum absolute atomic E-state index is 12.2. The quantitative estimate of drug-likeness (QED) is 0.374. The van der Waals surface area contributed by atoms with Gasteiger partial charge in [-0.25, -0.2) is 13.1 Å². The molecule has 0 aliphatic heterocycles. The zero-order valence-electron chi connectivity index (χ0n) is 14.2. The number of ether oxygens (including phenoxy) is 2. The molecule has 2 aromatic rings. The molecule has 0 saturated heterocycles. The molecule has 0 aliphatic carbocycles. The van der Waals surface area contributed by atoms with E-state index in [4.69, 9.17) is 20.6 Å². The Labute approximate surface area is 152 Å². The third-order valence-electron chi connectivity index (χ3n) is 3.47. The number of sulfonamides is 1. The molecule has 0 amide bonds. The van der Waals surface area contributed by atoms with Gasteiger partial charge in [-0.05, 0) is 36.4 Å². The minimum absolute atomic E-state index is 0.0700. The molecule has 9 heteroatoms. The highest BCUT2D eigenvalue weighted by atomic mass is 32.2. The van der Waals surface area contributed by atoms with Crippen LogP contribution in [-0.4, -0.2) is 45.7 Å². The van der Waals surface area contributed by atoms with Crippen LogP contribution in [0, 0.1) is 5.41 Å². The van der Waals surface area contributed by atoms with Crippen LogP contribution < -0.4 is 19.9 Å². The maximum atomic E-state index is 12.2. The first kappa shape index (κ1) is 19.7. The van der Waals surface area contributed by atoms with Crippen molar-refractivity contribution in [1.82, 2.24) is 4.72 Å². The summed E-state index contributed by atoms with van der Waals surface area (Å²) < 4.78 is 37.1. The predicted octanol–water partition coefficient (Wildman–Crippen LogP) is 0.697. The van der Waals surface area contributed by atoms with Crippen LogP contribution in [0.25, 0.3) is 0 Å². The molecule has 0 spiro atoms. The summed E-state index contributed by atoms with van der Waals surface area (Å²) in [6, 6.07) is 12.5. The molecule has 8 nitrogen and oxygen atoms in total. The number of benzene rings is 2. The average Bonchev–Trinajstić information content (AvgIpc) is 2.65. The van der Waals surface area contributed by atoms with Gasteiger partial charge < -0.3 is 20.3 Å². The molecule has 2 rings (SSSR count). The summed E-state index contributed by atoms with van der Waals surface area (Å²) in [4.78, 5) is 0.0700. The lowest BCUT2D eigenvalue weighted by Gasteiger charge is -2.14. The van der Waals surface area contributed by atoms with Crippen molar-refractivity contribution >= 4 is 15.9 Å². The summed E-state index contributed by atoms with van der Waals surface area (Å²) in [7, 11) is -2.26. The Morgan fingerprint density at radius 1 is 1.23 bits per heavy atom. The van der Waals surface area contributed by atoms with Crippen LogP contribution in [0.1, 0.15) is 5.56 Å². The van der Waals surface area contributed by atoms with Gasteiger partial charge in [-0.1, -0.05) is 12.1 Å². The van der Waals surface area contributed by atoms with Crippen molar-refractivity contribution in [3.05, 3.63) is 54.1 Å². The monoisotopic (exact) mass is 379 g/mol. The van der Waals surface area contributed by atoms with Crippen molar-refractivity contribution in [2.75, 3.05) is 20.3 Å². The molecule has 0 aliphatic rings. The number of nitrogens with one attached hydrogen (secondary N) is 2. The van der Waals surface area contributed by atoms with Gasteiger partial charge >= 0.3 is 0 Å². The van der Waals surface area contributed by atoms with E-state index in [0.717, 1.165) is 0 Å². The zero-order chi connectivity index (χ0) is 19.2. The minimum Gasteiger partial charge on any atom is -0.497 e. The van der Waals surface area contributed by atoms with Gasteiger partial charge in [-0.3, -0.25) is 5.41 Å². The molecule has 0 radical (unpaired) electrons. The van der Waals surface area contributed by atoms with Crippen LogP contribution in [0.4, 0.5) is 0 Å². The Balaban J connectivity index is 1.88. The van der Waals surface area contributed by atoms with Crippen molar-refractivity contribution in [1.29, 1.82) is 5.41 Å². The summed E-state index contributed by atoms with van der Waals surface area (Å²) >= 11 is 0. The zero-order valence-corrected chi connectivity index (χ0v) is 15.0. The number of nitrogen functional groups attached to an aromatic ring is 1. The van der Waals surface area contributed by atoms with E-state index in [1.165, 1.54) is 31.4 Å². The number of hydrogen-bond donors (Lipinski definition) is 4. The predicted molar refractivity (Wildman–Crippen MR) is 97.1 cm³/mol. The van der Waals surface area contributed by atoms with Crippen molar-refractivity contribution in [2.24, 2.45) is 5.73 Å². The molecule has 1 unspecified atom stereocenters. The largest absolute Gasteiger partial charge is 0.497 e. The maximum Gasteiger partial charge on any atom is 0.240 e. The fourth-order valence-corrected chi connectivity index (χ4v) is 3.12. The van der Waals surface area contributed by atoms with Gasteiger partial charge in [0.2, 0.25) is 10.0 Å². The van der Waals surface area contributed by atoms with Crippen molar-refractivity contribution in [3.8, 4) is 11.5 Å². The molecule has 140 valence electrons. The van der Waals surface area contributed by atoms with E-state index in [9.17, 15) is 13.5 Å².